The van der Waals surface area contributed by atoms with Gasteiger partial charge in [-0.2, -0.15) is 5.10 Å². The molecule has 3 aromatic carbocycles. The van der Waals surface area contributed by atoms with E-state index in [1.165, 1.54) is 5.39 Å². The van der Waals surface area contributed by atoms with Crippen molar-refractivity contribution in [1.82, 2.24) is 15.1 Å². The lowest BCUT2D eigenvalue weighted by atomic mass is 10.0. The maximum Gasteiger partial charge on any atom is 0.254 e. The molecule has 0 saturated carbocycles. The van der Waals surface area contributed by atoms with Crippen molar-refractivity contribution in [2.24, 2.45) is 0 Å². The summed E-state index contributed by atoms with van der Waals surface area (Å²) in [5.74, 6) is -0.130. The van der Waals surface area contributed by atoms with Gasteiger partial charge in [0.15, 0.2) is 0 Å². The molecule has 0 spiro atoms. The molecule has 1 aromatic heterocycles. The first kappa shape index (κ1) is 15.1. The fraction of sp³-hybridized carbons (Fsp3) is 0.0476. The van der Waals surface area contributed by atoms with Crippen LogP contribution in [-0.2, 0) is 6.54 Å². The average molecular weight is 327 g/mol. The molecule has 0 aliphatic rings. The highest BCUT2D eigenvalue weighted by Crippen LogP contribution is 2.18. The van der Waals surface area contributed by atoms with Crippen molar-refractivity contribution < 1.29 is 4.79 Å². The van der Waals surface area contributed by atoms with Gasteiger partial charge >= 0.3 is 0 Å². The molecule has 0 fully saturated rings. The third-order valence-corrected chi connectivity index (χ3v) is 4.18. The van der Waals surface area contributed by atoms with Crippen LogP contribution in [0.4, 0.5) is 0 Å². The molecule has 4 nitrogen and oxygen atoms in total. The van der Waals surface area contributed by atoms with Crippen LogP contribution >= 0.6 is 0 Å². The maximum absolute atomic E-state index is 12.4. The van der Waals surface area contributed by atoms with Crippen LogP contribution in [0.15, 0.2) is 85.2 Å². The molecule has 122 valence electrons. The summed E-state index contributed by atoms with van der Waals surface area (Å²) in [4.78, 5) is 12.4. The van der Waals surface area contributed by atoms with Crippen LogP contribution in [0.1, 0.15) is 15.9 Å². The third kappa shape index (κ3) is 3.15. The van der Waals surface area contributed by atoms with E-state index in [1.54, 1.807) is 17.1 Å². The Labute approximate surface area is 145 Å². The zero-order valence-corrected chi connectivity index (χ0v) is 13.6. The van der Waals surface area contributed by atoms with Gasteiger partial charge in [-0.05, 0) is 28.5 Å². The molecule has 1 heterocycles. The van der Waals surface area contributed by atoms with Gasteiger partial charge in [-0.1, -0.05) is 60.7 Å². The smallest absolute Gasteiger partial charge is 0.254 e. The Morgan fingerprint density at radius 2 is 1.68 bits per heavy atom. The molecule has 0 aliphatic heterocycles. The molecule has 0 radical (unpaired) electrons. The summed E-state index contributed by atoms with van der Waals surface area (Å²) >= 11 is 0. The average Bonchev–Trinajstić information content (AvgIpc) is 3.17. The van der Waals surface area contributed by atoms with Gasteiger partial charge in [-0.15, -0.1) is 0 Å². The van der Waals surface area contributed by atoms with Crippen LogP contribution in [0.2, 0.25) is 0 Å². The first-order chi connectivity index (χ1) is 12.3. The van der Waals surface area contributed by atoms with Gasteiger partial charge in [-0.25, -0.2) is 4.68 Å². The highest BCUT2D eigenvalue weighted by atomic mass is 16.1. The van der Waals surface area contributed by atoms with E-state index >= 15 is 0 Å². The lowest BCUT2D eigenvalue weighted by molar-refractivity contribution is 0.0951. The quantitative estimate of drug-likeness (QED) is 0.617. The number of nitrogens with one attached hydrogen (secondary N) is 1. The highest BCUT2D eigenvalue weighted by Gasteiger charge is 2.10. The number of para-hydroxylation sites is 1. The van der Waals surface area contributed by atoms with Gasteiger partial charge in [0.05, 0.1) is 17.4 Å². The van der Waals surface area contributed by atoms with Gasteiger partial charge in [0.1, 0.15) is 0 Å². The summed E-state index contributed by atoms with van der Waals surface area (Å²) in [5, 5.41) is 9.58. The molecule has 0 atom stereocenters. The molecule has 0 unspecified atom stereocenters. The number of aromatic nitrogens is 2. The number of carbonyl (C=O) groups is 1. The Balaban J connectivity index is 1.50. The van der Waals surface area contributed by atoms with Gasteiger partial charge < -0.3 is 5.32 Å². The van der Waals surface area contributed by atoms with Crippen molar-refractivity contribution in [3.63, 3.8) is 0 Å². The first-order valence-corrected chi connectivity index (χ1v) is 8.16. The molecule has 0 saturated heterocycles. The number of fused-ring (bicyclic) bond motifs is 1. The maximum atomic E-state index is 12.4. The van der Waals surface area contributed by atoms with Crippen LogP contribution in [0, 0.1) is 0 Å². The number of hydrogen-bond acceptors (Lipinski definition) is 2. The van der Waals surface area contributed by atoms with Crippen LogP contribution in [0.25, 0.3) is 16.5 Å². The zero-order chi connectivity index (χ0) is 17.1. The van der Waals surface area contributed by atoms with E-state index in [2.05, 4.69) is 28.6 Å². The minimum Gasteiger partial charge on any atom is -0.348 e. The van der Waals surface area contributed by atoms with Crippen molar-refractivity contribution in [3.8, 4) is 5.69 Å². The van der Waals surface area contributed by atoms with Gasteiger partial charge in [0.25, 0.3) is 5.91 Å². The van der Waals surface area contributed by atoms with Gasteiger partial charge in [-0.3, -0.25) is 4.79 Å². The summed E-state index contributed by atoms with van der Waals surface area (Å²) in [7, 11) is 0. The Kier molecular flexibility index (Phi) is 4.01. The van der Waals surface area contributed by atoms with Crippen molar-refractivity contribution >= 4 is 16.7 Å². The number of amides is 1. The monoisotopic (exact) mass is 327 g/mol. The molecule has 4 aromatic rings. The fourth-order valence-electron chi connectivity index (χ4n) is 2.89. The standard InChI is InChI=1S/C21H17N3O/c25-21(18-14-23-24(15-18)19-10-2-1-3-11-19)22-13-17-9-6-8-16-7-4-5-12-20(16)17/h1-12,14-15H,13H2,(H,22,25). The molecular weight excluding hydrogens is 310 g/mol. The number of benzene rings is 3. The summed E-state index contributed by atoms with van der Waals surface area (Å²) in [6.45, 7) is 0.483. The normalized spacial score (nSPS) is 10.7. The summed E-state index contributed by atoms with van der Waals surface area (Å²) in [6.07, 6.45) is 3.33. The lowest BCUT2D eigenvalue weighted by Gasteiger charge is -2.07. The molecule has 0 bridgehead atoms. The van der Waals surface area contributed by atoms with Gasteiger partial charge in [0, 0.05) is 12.7 Å². The first-order valence-electron chi connectivity index (χ1n) is 8.16. The molecule has 1 amide bonds. The molecule has 0 aliphatic carbocycles. The summed E-state index contributed by atoms with van der Waals surface area (Å²) in [6, 6.07) is 24.0. The van der Waals surface area contributed by atoms with Crippen LogP contribution in [0.3, 0.4) is 0 Å². The summed E-state index contributed by atoms with van der Waals surface area (Å²) in [5.41, 5.74) is 2.57. The number of nitrogens with zero attached hydrogens (tertiary/aromatic N) is 2. The van der Waals surface area contributed by atoms with E-state index in [1.807, 2.05) is 54.6 Å². The largest absolute Gasteiger partial charge is 0.348 e. The van der Waals surface area contributed by atoms with Crippen LogP contribution in [0.5, 0.6) is 0 Å². The minimum absolute atomic E-state index is 0.130. The minimum atomic E-state index is -0.130. The Hall–Kier alpha value is -3.40. The third-order valence-electron chi connectivity index (χ3n) is 4.18. The zero-order valence-electron chi connectivity index (χ0n) is 13.6. The predicted molar refractivity (Wildman–Crippen MR) is 98.7 cm³/mol. The molecule has 25 heavy (non-hydrogen) atoms. The van der Waals surface area contributed by atoms with E-state index in [0.29, 0.717) is 12.1 Å². The van der Waals surface area contributed by atoms with E-state index in [9.17, 15) is 4.79 Å². The lowest BCUT2D eigenvalue weighted by Crippen LogP contribution is -2.22. The molecular formula is C21H17N3O. The second-order valence-electron chi connectivity index (χ2n) is 5.83. The Morgan fingerprint density at radius 1 is 0.920 bits per heavy atom. The van der Waals surface area contributed by atoms with Gasteiger partial charge in [0.2, 0.25) is 0 Å². The van der Waals surface area contributed by atoms with E-state index < -0.39 is 0 Å². The topological polar surface area (TPSA) is 46.9 Å². The van der Waals surface area contributed by atoms with E-state index in [-0.39, 0.29) is 5.91 Å². The number of hydrogen-bond donors (Lipinski definition) is 1. The van der Waals surface area contributed by atoms with Crippen LogP contribution in [-0.4, -0.2) is 15.7 Å². The van der Waals surface area contributed by atoms with Crippen molar-refractivity contribution in [3.05, 3.63) is 96.3 Å². The Morgan fingerprint density at radius 3 is 2.56 bits per heavy atom. The van der Waals surface area contributed by atoms with E-state index in [4.69, 9.17) is 0 Å². The van der Waals surface area contributed by atoms with Crippen molar-refractivity contribution in [1.29, 1.82) is 0 Å². The van der Waals surface area contributed by atoms with E-state index in [0.717, 1.165) is 16.6 Å². The second kappa shape index (κ2) is 6.61. The predicted octanol–water partition coefficient (Wildman–Crippen LogP) is 3.96. The molecule has 4 heteroatoms. The van der Waals surface area contributed by atoms with Crippen LogP contribution < -0.4 is 5.32 Å². The summed E-state index contributed by atoms with van der Waals surface area (Å²) < 4.78 is 1.70. The SMILES string of the molecule is O=C(NCc1cccc2ccccc12)c1cnn(-c2ccccc2)c1. The van der Waals surface area contributed by atoms with Crippen molar-refractivity contribution in [2.75, 3.05) is 0 Å². The van der Waals surface area contributed by atoms with Crippen molar-refractivity contribution in [2.45, 2.75) is 6.54 Å². The Bertz CT molecular complexity index is 1020. The second-order valence-corrected chi connectivity index (χ2v) is 5.83. The fourth-order valence-corrected chi connectivity index (χ4v) is 2.89. The molecule has 1 N–H and O–H groups in total. The highest BCUT2D eigenvalue weighted by molar-refractivity contribution is 5.94. The molecule has 4 rings (SSSR count). The number of rotatable bonds is 4. The number of carbonyl (C=O) groups excluding carboxylic acids is 1.